The highest BCUT2D eigenvalue weighted by Gasteiger charge is 2.35. The van der Waals surface area contributed by atoms with Crippen molar-refractivity contribution in [1.29, 1.82) is 5.26 Å². The van der Waals surface area contributed by atoms with Gasteiger partial charge in [0.05, 0.1) is 23.8 Å². The summed E-state index contributed by atoms with van der Waals surface area (Å²) in [4.78, 5) is 24.3. The van der Waals surface area contributed by atoms with E-state index in [1.54, 1.807) is 0 Å². The van der Waals surface area contributed by atoms with Crippen molar-refractivity contribution in [3.63, 3.8) is 0 Å². The van der Waals surface area contributed by atoms with Crippen LogP contribution in [0.4, 0.5) is 5.69 Å². The summed E-state index contributed by atoms with van der Waals surface area (Å²) in [6.45, 7) is 4.14. The maximum absolute atomic E-state index is 12.2. The fourth-order valence-electron chi connectivity index (χ4n) is 3.09. The van der Waals surface area contributed by atoms with Gasteiger partial charge in [-0.3, -0.25) is 4.79 Å². The molecule has 0 atom stereocenters. The standard InChI is InChI=1S/C18H18N4O3/c1-18(2)13-6-12(5-4-10(13)8-21-17(18)24)22-9-11(7-19)14(20)15(22)16(23)25-3/h4-6,9H,8,20H2,1-3H3,(H,21,24). The first kappa shape index (κ1) is 16.6. The van der Waals surface area contributed by atoms with Gasteiger partial charge in [-0.05, 0) is 37.1 Å². The van der Waals surface area contributed by atoms with Gasteiger partial charge in [-0.2, -0.15) is 5.26 Å². The van der Waals surface area contributed by atoms with Gasteiger partial charge in [0.2, 0.25) is 5.91 Å². The maximum atomic E-state index is 12.2. The number of aromatic nitrogens is 1. The molecule has 2 heterocycles. The van der Waals surface area contributed by atoms with Crippen molar-refractivity contribution in [3.8, 4) is 11.8 Å². The summed E-state index contributed by atoms with van der Waals surface area (Å²) in [5.74, 6) is -0.691. The van der Waals surface area contributed by atoms with E-state index in [0.717, 1.165) is 11.1 Å². The summed E-state index contributed by atoms with van der Waals surface area (Å²) < 4.78 is 6.32. The summed E-state index contributed by atoms with van der Waals surface area (Å²) in [7, 11) is 1.26. The number of esters is 1. The molecule has 2 aromatic rings. The molecule has 3 rings (SSSR count). The number of fused-ring (bicyclic) bond motifs is 1. The molecule has 1 amide bonds. The Labute approximate surface area is 145 Å². The first-order chi connectivity index (χ1) is 11.8. The lowest BCUT2D eigenvalue weighted by Crippen LogP contribution is -2.44. The number of carbonyl (C=O) groups excluding carboxylic acids is 2. The number of nitrogens with two attached hydrogens (primary N) is 1. The Morgan fingerprint density at radius 1 is 1.44 bits per heavy atom. The van der Waals surface area contributed by atoms with Crippen LogP contribution in [0.1, 0.15) is 41.0 Å². The van der Waals surface area contributed by atoms with E-state index in [2.05, 4.69) is 5.32 Å². The lowest BCUT2D eigenvalue weighted by molar-refractivity contribution is -0.126. The van der Waals surface area contributed by atoms with Crippen molar-refractivity contribution >= 4 is 17.6 Å². The molecule has 0 radical (unpaired) electrons. The zero-order valence-corrected chi connectivity index (χ0v) is 14.2. The van der Waals surface area contributed by atoms with Crippen LogP contribution in [-0.2, 0) is 21.5 Å². The minimum atomic E-state index is -0.703. The molecular weight excluding hydrogens is 320 g/mol. The highest BCUT2D eigenvalue weighted by atomic mass is 16.5. The molecule has 0 aliphatic carbocycles. The molecule has 128 valence electrons. The molecule has 0 saturated carbocycles. The number of anilines is 1. The van der Waals surface area contributed by atoms with Crippen molar-refractivity contribution in [2.45, 2.75) is 25.8 Å². The Morgan fingerprint density at radius 2 is 2.16 bits per heavy atom. The number of nitriles is 1. The lowest BCUT2D eigenvalue weighted by Gasteiger charge is -2.32. The van der Waals surface area contributed by atoms with Gasteiger partial charge in [0.1, 0.15) is 6.07 Å². The predicted octanol–water partition coefficient (Wildman–Crippen LogP) is 1.63. The summed E-state index contributed by atoms with van der Waals surface area (Å²) in [5, 5.41) is 12.1. The van der Waals surface area contributed by atoms with Gasteiger partial charge in [-0.1, -0.05) is 6.07 Å². The first-order valence-corrected chi connectivity index (χ1v) is 7.72. The molecule has 1 aliphatic rings. The highest BCUT2D eigenvalue weighted by molar-refractivity contribution is 5.96. The quantitative estimate of drug-likeness (QED) is 0.809. The zero-order chi connectivity index (χ0) is 18.4. The zero-order valence-electron chi connectivity index (χ0n) is 14.2. The second kappa shape index (κ2) is 5.67. The number of benzene rings is 1. The number of nitrogens with one attached hydrogen (secondary N) is 1. The van der Waals surface area contributed by atoms with Crippen LogP contribution in [0.2, 0.25) is 0 Å². The molecule has 1 aromatic heterocycles. The van der Waals surface area contributed by atoms with Crippen LogP contribution < -0.4 is 11.1 Å². The molecule has 0 unspecified atom stereocenters. The number of carbonyl (C=O) groups is 2. The molecule has 0 fully saturated rings. The summed E-state index contributed by atoms with van der Waals surface area (Å²) in [5.41, 5.74) is 8.10. The summed E-state index contributed by atoms with van der Waals surface area (Å²) in [6.07, 6.45) is 1.50. The van der Waals surface area contributed by atoms with Crippen LogP contribution in [0, 0.1) is 11.3 Å². The van der Waals surface area contributed by atoms with E-state index in [1.165, 1.54) is 17.9 Å². The molecular formula is C18H18N4O3. The fourth-order valence-corrected chi connectivity index (χ4v) is 3.09. The van der Waals surface area contributed by atoms with Crippen LogP contribution in [0.15, 0.2) is 24.4 Å². The van der Waals surface area contributed by atoms with Crippen molar-refractivity contribution in [2.24, 2.45) is 0 Å². The Bertz CT molecular complexity index is 935. The number of hydrogen-bond donors (Lipinski definition) is 2. The van der Waals surface area contributed by atoms with Crippen LogP contribution in [-0.4, -0.2) is 23.6 Å². The molecule has 1 aliphatic heterocycles. The molecule has 25 heavy (non-hydrogen) atoms. The Hall–Kier alpha value is -3.27. The Balaban J connectivity index is 2.23. The number of ether oxygens (including phenoxy) is 1. The predicted molar refractivity (Wildman–Crippen MR) is 91.1 cm³/mol. The minimum absolute atomic E-state index is 0.0601. The van der Waals surface area contributed by atoms with Gasteiger partial charge >= 0.3 is 5.97 Å². The number of hydrogen-bond acceptors (Lipinski definition) is 5. The third-order valence-electron chi connectivity index (χ3n) is 4.60. The van der Waals surface area contributed by atoms with Gasteiger partial charge in [0, 0.05) is 18.4 Å². The summed E-state index contributed by atoms with van der Waals surface area (Å²) in [6, 6.07) is 7.54. The van der Waals surface area contributed by atoms with E-state index in [4.69, 9.17) is 10.5 Å². The van der Waals surface area contributed by atoms with E-state index in [9.17, 15) is 14.9 Å². The molecule has 1 aromatic carbocycles. The van der Waals surface area contributed by atoms with Gasteiger partial charge in [0.15, 0.2) is 5.69 Å². The average molecular weight is 338 g/mol. The van der Waals surface area contributed by atoms with Gasteiger partial charge in [-0.25, -0.2) is 4.79 Å². The molecule has 0 spiro atoms. The van der Waals surface area contributed by atoms with Gasteiger partial charge in [-0.15, -0.1) is 0 Å². The Kier molecular flexibility index (Phi) is 3.76. The van der Waals surface area contributed by atoms with E-state index in [-0.39, 0.29) is 22.9 Å². The van der Waals surface area contributed by atoms with E-state index >= 15 is 0 Å². The lowest BCUT2D eigenvalue weighted by atomic mass is 9.78. The number of methoxy groups -OCH3 is 1. The topological polar surface area (TPSA) is 110 Å². The van der Waals surface area contributed by atoms with Gasteiger partial charge < -0.3 is 20.4 Å². The minimum Gasteiger partial charge on any atom is -0.464 e. The normalized spacial score (nSPS) is 15.0. The van der Waals surface area contributed by atoms with Crippen LogP contribution in [0.5, 0.6) is 0 Å². The van der Waals surface area contributed by atoms with Gasteiger partial charge in [0.25, 0.3) is 0 Å². The van der Waals surface area contributed by atoms with Crippen molar-refractivity contribution in [1.82, 2.24) is 9.88 Å². The molecule has 0 saturated heterocycles. The number of rotatable bonds is 2. The third kappa shape index (κ3) is 2.43. The number of nitrogens with zero attached hydrogens (tertiary/aromatic N) is 2. The highest BCUT2D eigenvalue weighted by Crippen LogP contribution is 2.33. The van der Waals surface area contributed by atoms with Crippen LogP contribution >= 0.6 is 0 Å². The fraction of sp³-hybridized carbons (Fsp3) is 0.278. The maximum Gasteiger partial charge on any atom is 0.357 e. The first-order valence-electron chi connectivity index (χ1n) is 7.72. The van der Waals surface area contributed by atoms with E-state index in [1.807, 2.05) is 38.1 Å². The van der Waals surface area contributed by atoms with Crippen LogP contribution in [0.25, 0.3) is 5.69 Å². The molecule has 7 heteroatoms. The third-order valence-corrected chi connectivity index (χ3v) is 4.60. The second-order valence-electron chi connectivity index (χ2n) is 6.43. The summed E-state index contributed by atoms with van der Waals surface area (Å²) >= 11 is 0. The average Bonchev–Trinajstić information content (AvgIpc) is 2.94. The Morgan fingerprint density at radius 3 is 2.80 bits per heavy atom. The van der Waals surface area contributed by atoms with Crippen molar-refractivity contribution < 1.29 is 14.3 Å². The molecule has 3 N–H and O–H groups in total. The van der Waals surface area contributed by atoms with Crippen LogP contribution in [0.3, 0.4) is 0 Å². The number of amides is 1. The second-order valence-corrected chi connectivity index (χ2v) is 6.43. The smallest absolute Gasteiger partial charge is 0.357 e. The van der Waals surface area contributed by atoms with E-state index in [0.29, 0.717) is 12.2 Å². The molecule has 7 nitrogen and oxygen atoms in total. The largest absolute Gasteiger partial charge is 0.464 e. The van der Waals surface area contributed by atoms with Crippen molar-refractivity contribution in [3.05, 3.63) is 46.8 Å². The number of nitrogen functional groups attached to an aromatic ring is 1. The monoisotopic (exact) mass is 338 g/mol. The van der Waals surface area contributed by atoms with E-state index < -0.39 is 11.4 Å². The molecule has 0 bridgehead atoms. The SMILES string of the molecule is COC(=O)c1c(N)c(C#N)cn1-c1ccc2c(c1)C(C)(C)C(=O)NC2. The van der Waals surface area contributed by atoms with Crippen molar-refractivity contribution in [2.75, 3.05) is 12.8 Å².